The topological polar surface area (TPSA) is 66.5 Å². The predicted molar refractivity (Wildman–Crippen MR) is 70.9 cm³/mol. The number of nitrogens with two attached hydrogens (primary N) is 1. The summed E-state index contributed by atoms with van der Waals surface area (Å²) in [5, 5.41) is 17.6. The van der Waals surface area contributed by atoms with Crippen LogP contribution < -0.4 is 5.73 Å². The van der Waals surface area contributed by atoms with Crippen LogP contribution in [0.3, 0.4) is 0 Å². The van der Waals surface area contributed by atoms with Crippen LogP contribution >= 0.6 is 0 Å². The number of nitrogen functional groups attached to an aromatic ring is 1. The highest BCUT2D eigenvalue weighted by molar-refractivity contribution is 5.51. The van der Waals surface area contributed by atoms with E-state index in [0.717, 1.165) is 44.2 Å². The second-order valence-corrected chi connectivity index (χ2v) is 4.35. The first kappa shape index (κ1) is 14.0. The molecular formula is C14H23NO2. The minimum Gasteiger partial charge on any atom is -0.398 e. The molecule has 0 atom stereocenters. The maximum Gasteiger partial charge on any atom is 0.0431 e. The summed E-state index contributed by atoms with van der Waals surface area (Å²) in [7, 11) is 0. The van der Waals surface area contributed by atoms with Crippen LogP contribution in [0.25, 0.3) is 0 Å². The third-order valence-corrected chi connectivity index (χ3v) is 3.00. The van der Waals surface area contributed by atoms with Crippen molar-refractivity contribution in [3.63, 3.8) is 0 Å². The highest BCUT2D eigenvalue weighted by Gasteiger charge is 2.05. The minimum atomic E-state index is 0.243. The highest BCUT2D eigenvalue weighted by atomic mass is 16.3. The van der Waals surface area contributed by atoms with Crippen LogP contribution in [0.15, 0.2) is 18.2 Å². The lowest BCUT2D eigenvalue weighted by molar-refractivity contribution is 0.283. The number of hydrogen-bond acceptors (Lipinski definition) is 3. The van der Waals surface area contributed by atoms with E-state index in [-0.39, 0.29) is 13.2 Å². The number of anilines is 1. The van der Waals surface area contributed by atoms with E-state index < -0.39 is 0 Å². The normalized spacial score (nSPS) is 10.7. The third-order valence-electron chi connectivity index (χ3n) is 3.00. The summed E-state index contributed by atoms with van der Waals surface area (Å²) in [4.78, 5) is 0. The van der Waals surface area contributed by atoms with Crippen LogP contribution in [0.2, 0.25) is 0 Å². The van der Waals surface area contributed by atoms with Crippen LogP contribution in [-0.2, 0) is 12.8 Å². The van der Waals surface area contributed by atoms with Crippen LogP contribution in [-0.4, -0.2) is 23.4 Å². The molecule has 1 aromatic carbocycles. The van der Waals surface area contributed by atoms with Gasteiger partial charge in [-0.25, -0.2) is 0 Å². The summed E-state index contributed by atoms with van der Waals surface area (Å²) in [5.41, 5.74) is 9.36. The molecule has 0 aliphatic carbocycles. The average molecular weight is 237 g/mol. The molecule has 0 unspecified atom stereocenters. The van der Waals surface area contributed by atoms with Gasteiger partial charge < -0.3 is 15.9 Å². The summed E-state index contributed by atoms with van der Waals surface area (Å²) < 4.78 is 0. The van der Waals surface area contributed by atoms with Crippen molar-refractivity contribution in [2.45, 2.75) is 38.5 Å². The zero-order valence-corrected chi connectivity index (χ0v) is 10.4. The fourth-order valence-corrected chi connectivity index (χ4v) is 2.03. The molecule has 0 aliphatic rings. The number of aliphatic hydroxyl groups is 2. The van der Waals surface area contributed by atoms with E-state index in [2.05, 4.69) is 6.07 Å². The van der Waals surface area contributed by atoms with E-state index in [1.54, 1.807) is 0 Å². The summed E-state index contributed by atoms with van der Waals surface area (Å²) in [6.07, 6.45) is 5.53. The number of benzene rings is 1. The molecular weight excluding hydrogens is 214 g/mol. The van der Waals surface area contributed by atoms with Gasteiger partial charge in [0.15, 0.2) is 0 Å². The predicted octanol–water partition coefficient (Wildman–Crippen LogP) is 1.90. The van der Waals surface area contributed by atoms with Gasteiger partial charge in [-0.15, -0.1) is 0 Å². The number of aryl methyl sites for hydroxylation is 1. The first-order chi connectivity index (χ1) is 8.29. The van der Waals surface area contributed by atoms with Crippen molar-refractivity contribution in [1.82, 2.24) is 0 Å². The molecule has 1 rings (SSSR count). The number of unbranched alkanes of at least 4 members (excludes halogenated alkanes) is 2. The molecule has 17 heavy (non-hydrogen) atoms. The van der Waals surface area contributed by atoms with Gasteiger partial charge in [-0.05, 0) is 55.7 Å². The Kier molecular flexibility index (Phi) is 6.67. The van der Waals surface area contributed by atoms with Gasteiger partial charge in [-0.3, -0.25) is 0 Å². The summed E-state index contributed by atoms with van der Waals surface area (Å²) >= 11 is 0. The molecule has 0 radical (unpaired) electrons. The Morgan fingerprint density at radius 3 is 2.18 bits per heavy atom. The van der Waals surface area contributed by atoms with Crippen molar-refractivity contribution < 1.29 is 10.2 Å². The highest BCUT2D eigenvalue weighted by Crippen LogP contribution is 2.21. The molecule has 0 saturated carbocycles. The molecule has 3 heteroatoms. The lowest BCUT2D eigenvalue weighted by atomic mass is 9.96. The van der Waals surface area contributed by atoms with E-state index in [9.17, 15) is 0 Å². The maximum absolute atomic E-state index is 8.80. The molecule has 0 amide bonds. The van der Waals surface area contributed by atoms with Crippen molar-refractivity contribution >= 4 is 5.69 Å². The van der Waals surface area contributed by atoms with Crippen molar-refractivity contribution in [3.05, 3.63) is 29.3 Å². The number of hydrogen-bond donors (Lipinski definition) is 3. The molecule has 0 fully saturated rings. The van der Waals surface area contributed by atoms with Gasteiger partial charge in [0, 0.05) is 18.9 Å². The van der Waals surface area contributed by atoms with Crippen LogP contribution in [0, 0.1) is 0 Å². The van der Waals surface area contributed by atoms with Gasteiger partial charge in [0.05, 0.1) is 0 Å². The van der Waals surface area contributed by atoms with Gasteiger partial charge in [0.1, 0.15) is 0 Å². The SMILES string of the molecule is Nc1cccc(CCCCO)c1CCCCO. The monoisotopic (exact) mass is 237 g/mol. The first-order valence-electron chi connectivity index (χ1n) is 6.37. The molecule has 0 heterocycles. The Labute approximate surface area is 103 Å². The van der Waals surface area contributed by atoms with E-state index in [4.69, 9.17) is 15.9 Å². The van der Waals surface area contributed by atoms with Crippen molar-refractivity contribution in [2.75, 3.05) is 18.9 Å². The second kappa shape index (κ2) is 8.09. The quantitative estimate of drug-likeness (QED) is 0.478. The van der Waals surface area contributed by atoms with Gasteiger partial charge in [0.2, 0.25) is 0 Å². The van der Waals surface area contributed by atoms with Crippen LogP contribution in [0.5, 0.6) is 0 Å². The molecule has 0 aliphatic heterocycles. The van der Waals surface area contributed by atoms with Gasteiger partial charge in [0.25, 0.3) is 0 Å². The van der Waals surface area contributed by atoms with Crippen LogP contribution in [0.1, 0.15) is 36.8 Å². The van der Waals surface area contributed by atoms with Crippen molar-refractivity contribution in [3.8, 4) is 0 Å². The molecule has 0 spiro atoms. The second-order valence-electron chi connectivity index (χ2n) is 4.35. The molecule has 96 valence electrons. The minimum absolute atomic E-state index is 0.243. The largest absolute Gasteiger partial charge is 0.398 e. The zero-order valence-electron chi connectivity index (χ0n) is 10.4. The van der Waals surface area contributed by atoms with Crippen molar-refractivity contribution in [2.24, 2.45) is 0 Å². The van der Waals surface area contributed by atoms with Gasteiger partial charge >= 0.3 is 0 Å². The first-order valence-corrected chi connectivity index (χ1v) is 6.37. The smallest absolute Gasteiger partial charge is 0.0431 e. The molecule has 3 nitrogen and oxygen atoms in total. The Bertz CT molecular complexity index is 326. The Morgan fingerprint density at radius 2 is 1.53 bits per heavy atom. The van der Waals surface area contributed by atoms with Crippen LogP contribution in [0.4, 0.5) is 5.69 Å². The molecule has 0 aromatic heterocycles. The summed E-state index contributed by atoms with van der Waals surface area (Å²) in [6.45, 7) is 0.495. The lowest BCUT2D eigenvalue weighted by Gasteiger charge is -2.12. The fourth-order valence-electron chi connectivity index (χ4n) is 2.03. The Morgan fingerprint density at radius 1 is 0.882 bits per heavy atom. The van der Waals surface area contributed by atoms with Gasteiger partial charge in [-0.2, -0.15) is 0 Å². The zero-order chi connectivity index (χ0) is 12.5. The molecule has 1 aromatic rings. The Hall–Kier alpha value is -1.06. The average Bonchev–Trinajstić information content (AvgIpc) is 2.33. The molecule has 0 saturated heterocycles. The third kappa shape index (κ3) is 4.75. The van der Waals surface area contributed by atoms with E-state index >= 15 is 0 Å². The lowest BCUT2D eigenvalue weighted by Crippen LogP contribution is -2.01. The maximum atomic E-state index is 8.80. The Balaban J connectivity index is 2.63. The number of aliphatic hydroxyl groups excluding tert-OH is 2. The number of rotatable bonds is 8. The van der Waals surface area contributed by atoms with Crippen molar-refractivity contribution in [1.29, 1.82) is 0 Å². The summed E-state index contributed by atoms with van der Waals surface area (Å²) in [6, 6.07) is 6.03. The van der Waals surface area contributed by atoms with E-state index in [1.807, 2.05) is 12.1 Å². The summed E-state index contributed by atoms with van der Waals surface area (Å²) in [5.74, 6) is 0. The molecule has 0 bridgehead atoms. The fraction of sp³-hybridized carbons (Fsp3) is 0.571. The standard InChI is InChI=1S/C14H23NO2/c15-14-9-5-7-12(6-1-3-10-16)13(14)8-2-4-11-17/h5,7,9,16-17H,1-4,6,8,10-11,15H2. The molecule has 4 N–H and O–H groups in total. The van der Waals surface area contributed by atoms with Gasteiger partial charge in [-0.1, -0.05) is 12.1 Å². The van der Waals surface area contributed by atoms with E-state index in [0.29, 0.717) is 0 Å². The van der Waals surface area contributed by atoms with E-state index in [1.165, 1.54) is 11.1 Å².